The van der Waals surface area contributed by atoms with Gasteiger partial charge >= 0.3 is 0 Å². The summed E-state index contributed by atoms with van der Waals surface area (Å²) in [5, 5.41) is 10.8. The number of fused-ring (bicyclic) bond motifs is 1. The minimum absolute atomic E-state index is 0.0467. The van der Waals surface area contributed by atoms with Crippen LogP contribution in [0.25, 0.3) is 0 Å². The fraction of sp³-hybridized carbons (Fsp3) is 0.533. The molecule has 1 aliphatic carbocycles. The molecule has 3 unspecified atom stereocenters. The summed E-state index contributed by atoms with van der Waals surface area (Å²) in [6.07, 6.45) is 2.14. The van der Waals surface area contributed by atoms with Crippen LogP contribution < -0.4 is 5.73 Å². The molecule has 0 spiro atoms. The number of carbonyl (C=O) groups excluding carboxylic acids is 1. The number of carbonyl (C=O) groups is 1. The molecular weight excluding hydrogens is 270 g/mol. The molecule has 2 N–H and O–H groups in total. The summed E-state index contributed by atoms with van der Waals surface area (Å²) in [5.74, 6) is 0.880. The van der Waals surface area contributed by atoms with E-state index in [0.717, 1.165) is 19.4 Å². The van der Waals surface area contributed by atoms with Crippen molar-refractivity contribution in [3.63, 3.8) is 0 Å². The van der Waals surface area contributed by atoms with Crippen molar-refractivity contribution in [1.29, 1.82) is 0 Å². The van der Waals surface area contributed by atoms with Gasteiger partial charge in [-0.2, -0.15) is 0 Å². The Balaban J connectivity index is 1.77. The van der Waals surface area contributed by atoms with Crippen molar-refractivity contribution in [2.75, 3.05) is 13.1 Å². The summed E-state index contributed by atoms with van der Waals surface area (Å²) in [5.41, 5.74) is 7.17. The van der Waals surface area contributed by atoms with Crippen molar-refractivity contribution in [3.05, 3.63) is 39.4 Å². The van der Waals surface area contributed by atoms with Gasteiger partial charge in [0.15, 0.2) is 0 Å². The normalized spacial score (nSPS) is 27.7. The number of likely N-dealkylation sites (tertiary alicyclic amines) is 1. The molecule has 1 amide bonds. The van der Waals surface area contributed by atoms with E-state index in [1.807, 2.05) is 4.90 Å². The van der Waals surface area contributed by atoms with E-state index in [0.29, 0.717) is 29.5 Å². The Morgan fingerprint density at radius 2 is 2.14 bits per heavy atom. The Kier molecular flexibility index (Phi) is 3.41. The molecule has 21 heavy (non-hydrogen) atoms. The molecule has 0 radical (unpaired) electrons. The number of amides is 1. The minimum atomic E-state index is -0.428. The van der Waals surface area contributed by atoms with Gasteiger partial charge in [0.05, 0.1) is 4.92 Å². The zero-order valence-electron chi connectivity index (χ0n) is 12.0. The molecule has 2 aliphatic rings. The highest BCUT2D eigenvalue weighted by Crippen LogP contribution is 2.37. The molecule has 1 heterocycles. The molecule has 1 aliphatic heterocycles. The number of aryl methyl sites for hydroxylation is 1. The molecule has 112 valence electrons. The van der Waals surface area contributed by atoms with E-state index in [1.54, 1.807) is 19.1 Å². The van der Waals surface area contributed by atoms with E-state index in [4.69, 9.17) is 5.73 Å². The van der Waals surface area contributed by atoms with Gasteiger partial charge in [-0.15, -0.1) is 0 Å². The Morgan fingerprint density at radius 1 is 1.38 bits per heavy atom. The lowest BCUT2D eigenvalue weighted by Gasteiger charge is -2.19. The maximum atomic E-state index is 12.5. The van der Waals surface area contributed by atoms with Crippen molar-refractivity contribution in [1.82, 2.24) is 4.90 Å². The fourth-order valence-electron chi connectivity index (χ4n) is 3.65. The zero-order chi connectivity index (χ0) is 15.1. The van der Waals surface area contributed by atoms with Gasteiger partial charge in [-0.1, -0.05) is 0 Å². The first-order valence-corrected chi connectivity index (χ1v) is 7.27. The molecule has 1 aromatic carbocycles. The number of nitro groups is 1. The third-order valence-electron chi connectivity index (χ3n) is 4.84. The van der Waals surface area contributed by atoms with Gasteiger partial charge in [0.1, 0.15) is 0 Å². The van der Waals surface area contributed by atoms with Crippen LogP contribution in [0.3, 0.4) is 0 Å². The monoisotopic (exact) mass is 289 g/mol. The van der Waals surface area contributed by atoms with E-state index in [9.17, 15) is 14.9 Å². The first-order valence-electron chi connectivity index (χ1n) is 7.27. The van der Waals surface area contributed by atoms with Crippen LogP contribution in [0.5, 0.6) is 0 Å². The third-order valence-corrected chi connectivity index (χ3v) is 4.84. The maximum absolute atomic E-state index is 12.5. The smallest absolute Gasteiger partial charge is 0.272 e. The van der Waals surface area contributed by atoms with Crippen LogP contribution >= 0.6 is 0 Å². The molecule has 0 aromatic heterocycles. The lowest BCUT2D eigenvalue weighted by molar-refractivity contribution is -0.385. The molecule has 1 aromatic rings. The maximum Gasteiger partial charge on any atom is 0.272 e. The van der Waals surface area contributed by atoms with Crippen LogP contribution in [0.2, 0.25) is 0 Å². The van der Waals surface area contributed by atoms with Gasteiger partial charge in [-0.05, 0) is 43.7 Å². The number of nitrogens with two attached hydrogens (primary N) is 1. The summed E-state index contributed by atoms with van der Waals surface area (Å²) in [6, 6.07) is 4.76. The molecule has 1 saturated carbocycles. The van der Waals surface area contributed by atoms with Crippen LogP contribution in [-0.4, -0.2) is 34.9 Å². The van der Waals surface area contributed by atoms with Crippen molar-refractivity contribution in [3.8, 4) is 0 Å². The number of hydrogen-bond donors (Lipinski definition) is 1. The van der Waals surface area contributed by atoms with E-state index >= 15 is 0 Å². The molecule has 6 nitrogen and oxygen atoms in total. The predicted molar refractivity (Wildman–Crippen MR) is 77.9 cm³/mol. The Morgan fingerprint density at radius 3 is 2.76 bits per heavy atom. The van der Waals surface area contributed by atoms with E-state index in [1.165, 1.54) is 6.07 Å². The number of hydrogen-bond acceptors (Lipinski definition) is 4. The number of rotatable bonds is 2. The summed E-state index contributed by atoms with van der Waals surface area (Å²) in [6.45, 7) is 3.12. The highest BCUT2D eigenvalue weighted by Gasteiger charge is 2.42. The molecule has 1 saturated heterocycles. The van der Waals surface area contributed by atoms with Crippen molar-refractivity contribution < 1.29 is 9.72 Å². The molecule has 0 bridgehead atoms. The first kappa shape index (κ1) is 14.0. The summed E-state index contributed by atoms with van der Waals surface area (Å²) in [4.78, 5) is 24.8. The van der Waals surface area contributed by atoms with Crippen LogP contribution in [0.15, 0.2) is 18.2 Å². The molecule has 3 rings (SSSR count). The van der Waals surface area contributed by atoms with Crippen molar-refractivity contribution in [2.24, 2.45) is 17.6 Å². The van der Waals surface area contributed by atoms with Gasteiger partial charge in [-0.25, -0.2) is 0 Å². The van der Waals surface area contributed by atoms with Gasteiger partial charge in [0, 0.05) is 36.3 Å². The highest BCUT2D eigenvalue weighted by atomic mass is 16.6. The molecule has 6 heteroatoms. The highest BCUT2D eigenvalue weighted by molar-refractivity contribution is 5.95. The predicted octanol–water partition coefficient (Wildman–Crippen LogP) is 1.71. The lowest BCUT2D eigenvalue weighted by Crippen LogP contribution is -2.33. The van der Waals surface area contributed by atoms with Crippen molar-refractivity contribution in [2.45, 2.75) is 25.8 Å². The molecular formula is C15H19N3O3. The minimum Gasteiger partial charge on any atom is -0.338 e. The SMILES string of the molecule is Cc1cc(C(=O)N2CC3CCC(N)C3C2)ccc1[N+](=O)[O-]. The van der Waals surface area contributed by atoms with Gasteiger partial charge in [0.25, 0.3) is 11.6 Å². The fourth-order valence-corrected chi connectivity index (χ4v) is 3.65. The van der Waals surface area contributed by atoms with E-state index in [-0.39, 0.29) is 17.6 Å². The summed E-state index contributed by atoms with van der Waals surface area (Å²) in [7, 11) is 0. The average Bonchev–Trinajstić information content (AvgIpc) is 3.00. The third kappa shape index (κ3) is 2.40. The van der Waals surface area contributed by atoms with Crippen LogP contribution in [0, 0.1) is 28.9 Å². The second kappa shape index (κ2) is 5.11. The van der Waals surface area contributed by atoms with Crippen LogP contribution in [0.1, 0.15) is 28.8 Å². The van der Waals surface area contributed by atoms with Gasteiger partial charge in [-0.3, -0.25) is 14.9 Å². The average molecular weight is 289 g/mol. The largest absolute Gasteiger partial charge is 0.338 e. The van der Waals surface area contributed by atoms with Crippen molar-refractivity contribution >= 4 is 11.6 Å². The van der Waals surface area contributed by atoms with E-state index < -0.39 is 4.92 Å². The Labute approximate surface area is 123 Å². The Bertz CT molecular complexity index is 602. The first-order chi connectivity index (χ1) is 9.97. The van der Waals surface area contributed by atoms with Gasteiger partial charge in [0.2, 0.25) is 0 Å². The van der Waals surface area contributed by atoms with Gasteiger partial charge < -0.3 is 10.6 Å². The number of nitrogens with zero attached hydrogens (tertiary/aromatic N) is 2. The quantitative estimate of drug-likeness (QED) is 0.663. The number of benzene rings is 1. The Hall–Kier alpha value is -1.95. The second-order valence-corrected chi connectivity index (χ2v) is 6.13. The van der Waals surface area contributed by atoms with Crippen LogP contribution in [0.4, 0.5) is 5.69 Å². The summed E-state index contributed by atoms with van der Waals surface area (Å²) < 4.78 is 0. The molecule has 2 fully saturated rings. The summed E-state index contributed by atoms with van der Waals surface area (Å²) >= 11 is 0. The zero-order valence-corrected chi connectivity index (χ0v) is 12.0. The topological polar surface area (TPSA) is 89.5 Å². The second-order valence-electron chi connectivity index (χ2n) is 6.13. The lowest BCUT2D eigenvalue weighted by atomic mass is 9.98. The van der Waals surface area contributed by atoms with E-state index in [2.05, 4.69) is 0 Å². The molecule has 3 atom stereocenters. The standard InChI is InChI=1S/C15H19N3O3/c1-9-6-10(3-5-14(9)18(20)21)15(19)17-7-11-2-4-13(16)12(11)8-17/h3,5-6,11-13H,2,4,7-8,16H2,1H3. The van der Waals surface area contributed by atoms with Crippen LogP contribution in [-0.2, 0) is 0 Å². The number of nitro benzene ring substituents is 1.